The first-order chi connectivity index (χ1) is 8.23. The summed E-state index contributed by atoms with van der Waals surface area (Å²) in [6, 6.07) is -1.45. The van der Waals surface area contributed by atoms with Crippen LogP contribution in [-0.2, 0) is 19.1 Å². The normalized spacial score (nSPS) is 13.2. The van der Waals surface area contributed by atoms with E-state index in [0.717, 1.165) is 6.92 Å². The Labute approximate surface area is 101 Å². The zero-order valence-electron chi connectivity index (χ0n) is 9.45. The Hall–Kier alpha value is -2.32. The van der Waals surface area contributed by atoms with E-state index >= 15 is 0 Å². The Morgan fingerprint density at radius 1 is 1.11 bits per heavy atom. The van der Waals surface area contributed by atoms with Gasteiger partial charge >= 0.3 is 24.0 Å². The van der Waals surface area contributed by atoms with E-state index in [1.165, 1.54) is 0 Å². The van der Waals surface area contributed by atoms with E-state index < -0.39 is 42.6 Å². The number of hydrogen-bond donors (Lipinski definition) is 4. The molecule has 0 saturated heterocycles. The van der Waals surface area contributed by atoms with Crippen molar-refractivity contribution in [3.8, 4) is 0 Å². The fraction of sp³-hybridized carbons (Fsp3) is 0.556. The third-order valence-electron chi connectivity index (χ3n) is 1.87. The maximum atomic E-state index is 11.1. The van der Waals surface area contributed by atoms with Gasteiger partial charge in [0.05, 0.1) is 0 Å². The van der Waals surface area contributed by atoms with Gasteiger partial charge in [-0.2, -0.15) is 0 Å². The lowest BCUT2D eigenvalue weighted by molar-refractivity contribution is -0.145. The summed E-state index contributed by atoms with van der Waals surface area (Å²) in [4.78, 5) is 42.4. The molecular weight excluding hydrogens is 250 g/mol. The van der Waals surface area contributed by atoms with Crippen molar-refractivity contribution in [2.45, 2.75) is 31.9 Å². The summed E-state index contributed by atoms with van der Waals surface area (Å²) < 4.78 is 4.34. The van der Waals surface area contributed by atoms with Crippen molar-refractivity contribution in [1.29, 1.82) is 0 Å². The molecule has 0 aliphatic carbocycles. The van der Waals surface area contributed by atoms with E-state index in [-0.39, 0.29) is 6.42 Å². The number of nitrogens with one attached hydrogen (secondary N) is 1. The highest BCUT2D eigenvalue weighted by Gasteiger charge is 2.24. The molecule has 0 aliphatic rings. The smallest absolute Gasteiger partial charge is 0.408 e. The van der Waals surface area contributed by atoms with Crippen LogP contribution in [0.2, 0.25) is 0 Å². The quantitative estimate of drug-likeness (QED) is 0.480. The van der Waals surface area contributed by atoms with Gasteiger partial charge in [-0.3, -0.25) is 4.79 Å². The monoisotopic (exact) mass is 263 g/mol. The lowest BCUT2D eigenvalue weighted by Gasteiger charge is -2.15. The first-order valence-corrected chi connectivity index (χ1v) is 4.88. The Kier molecular flexibility index (Phi) is 6.18. The highest BCUT2D eigenvalue weighted by atomic mass is 16.6. The Bertz CT molecular complexity index is 352. The van der Waals surface area contributed by atoms with Gasteiger partial charge in [0.1, 0.15) is 6.04 Å². The van der Waals surface area contributed by atoms with Gasteiger partial charge in [-0.25, -0.2) is 14.4 Å². The lowest BCUT2D eigenvalue weighted by Crippen LogP contribution is -2.43. The van der Waals surface area contributed by atoms with Crippen LogP contribution in [0, 0.1) is 0 Å². The van der Waals surface area contributed by atoms with Crippen molar-refractivity contribution in [3.63, 3.8) is 0 Å². The van der Waals surface area contributed by atoms with E-state index in [1.807, 2.05) is 5.32 Å². The van der Waals surface area contributed by atoms with Crippen LogP contribution in [-0.4, -0.2) is 51.5 Å². The molecule has 0 spiro atoms. The predicted molar refractivity (Wildman–Crippen MR) is 55.0 cm³/mol. The van der Waals surface area contributed by atoms with Gasteiger partial charge in [-0.1, -0.05) is 0 Å². The summed E-state index contributed by atoms with van der Waals surface area (Å²) in [6.45, 7) is 1.09. The van der Waals surface area contributed by atoms with Crippen LogP contribution < -0.4 is 5.32 Å². The van der Waals surface area contributed by atoms with Gasteiger partial charge in [0.25, 0.3) is 0 Å². The van der Waals surface area contributed by atoms with E-state index in [4.69, 9.17) is 15.3 Å². The van der Waals surface area contributed by atoms with Crippen molar-refractivity contribution < 1.29 is 39.2 Å². The van der Waals surface area contributed by atoms with E-state index in [1.54, 1.807) is 0 Å². The maximum absolute atomic E-state index is 11.1. The summed E-state index contributed by atoms with van der Waals surface area (Å²) in [5.41, 5.74) is 0. The third-order valence-corrected chi connectivity index (χ3v) is 1.87. The molecule has 0 aliphatic heterocycles. The predicted octanol–water partition coefficient (Wildman–Crippen LogP) is -0.496. The van der Waals surface area contributed by atoms with Crippen LogP contribution in [0.1, 0.15) is 19.8 Å². The minimum Gasteiger partial charge on any atom is -0.481 e. The van der Waals surface area contributed by atoms with Gasteiger partial charge in [0.2, 0.25) is 0 Å². The SMILES string of the molecule is C[C@H](OC(=O)N[C@@H](CCC(=O)O)C(=O)O)C(=O)O. The highest BCUT2D eigenvalue weighted by molar-refractivity contribution is 5.82. The first-order valence-electron chi connectivity index (χ1n) is 4.88. The van der Waals surface area contributed by atoms with Crippen LogP contribution in [0.25, 0.3) is 0 Å². The second-order valence-electron chi connectivity index (χ2n) is 3.35. The summed E-state index contributed by atoms with van der Waals surface area (Å²) in [6.07, 6.45) is -3.45. The van der Waals surface area contributed by atoms with E-state index in [0.29, 0.717) is 0 Å². The van der Waals surface area contributed by atoms with Crippen LogP contribution in [0.15, 0.2) is 0 Å². The average Bonchev–Trinajstić information content (AvgIpc) is 2.23. The molecule has 0 saturated carbocycles. The van der Waals surface area contributed by atoms with Crippen molar-refractivity contribution in [1.82, 2.24) is 5.32 Å². The number of carboxylic acids is 3. The number of hydrogen-bond acceptors (Lipinski definition) is 5. The number of aliphatic carboxylic acids is 3. The van der Waals surface area contributed by atoms with Crippen LogP contribution in [0.4, 0.5) is 4.79 Å². The number of rotatable bonds is 7. The molecule has 2 atom stereocenters. The van der Waals surface area contributed by atoms with Gasteiger partial charge in [-0.05, 0) is 13.3 Å². The molecule has 0 heterocycles. The molecule has 0 aromatic rings. The number of ether oxygens (including phenoxy) is 1. The topological polar surface area (TPSA) is 150 Å². The minimum atomic E-state index is -1.45. The fourth-order valence-corrected chi connectivity index (χ4v) is 0.912. The van der Waals surface area contributed by atoms with Gasteiger partial charge in [0, 0.05) is 6.42 Å². The number of alkyl carbamates (subject to hydrolysis) is 1. The van der Waals surface area contributed by atoms with Gasteiger partial charge in [-0.15, -0.1) is 0 Å². The molecule has 9 nitrogen and oxygen atoms in total. The van der Waals surface area contributed by atoms with Gasteiger partial charge < -0.3 is 25.4 Å². The maximum Gasteiger partial charge on any atom is 0.408 e. The zero-order chi connectivity index (χ0) is 14.3. The van der Waals surface area contributed by atoms with Crippen LogP contribution in [0.5, 0.6) is 0 Å². The first kappa shape index (κ1) is 15.7. The molecule has 1 amide bonds. The molecule has 102 valence electrons. The Morgan fingerprint density at radius 2 is 1.67 bits per heavy atom. The Balaban J connectivity index is 4.32. The molecule has 0 aromatic carbocycles. The number of carboxylic acid groups (broad SMARTS) is 3. The number of carbonyl (C=O) groups is 4. The van der Waals surface area contributed by atoms with E-state index in [9.17, 15) is 19.2 Å². The summed E-state index contributed by atoms with van der Waals surface area (Å²) in [7, 11) is 0. The molecule has 0 unspecified atom stereocenters. The zero-order valence-corrected chi connectivity index (χ0v) is 9.45. The van der Waals surface area contributed by atoms with Crippen molar-refractivity contribution in [2.24, 2.45) is 0 Å². The minimum absolute atomic E-state index is 0.332. The molecule has 0 bridgehead atoms. The number of carbonyl (C=O) groups excluding carboxylic acids is 1. The molecule has 18 heavy (non-hydrogen) atoms. The van der Waals surface area contributed by atoms with E-state index in [2.05, 4.69) is 4.74 Å². The molecule has 0 radical (unpaired) electrons. The summed E-state index contributed by atoms with van der Waals surface area (Å²) >= 11 is 0. The van der Waals surface area contributed by atoms with Crippen LogP contribution >= 0.6 is 0 Å². The second-order valence-corrected chi connectivity index (χ2v) is 3.35. The summed E-state index contributed by atoms with van der Waals surface area (Å²) in [5, 5.41) is 27.4. The largest absolute Gasteiger partial charge is 0.481 e. The molecule has 0 rings (SSSR count). The van der Waals surface area contributed by atoms with Crippen molar-refractivity contribution >= 4 is 24.0 Å². The fourth-order valence-electron chi connectivity index (χ4n) is 0.912. The Morgan fingerprint density at radius 3 is 2.06 bits per heavy atom. The number of amides is 1. The molecule has 9 heteroatoms. The third kappa shape index (κ3) is 6.30. The molecule has 0 aromatic heterocycles. The molecule has 0 fully saturated rings. The highest BCUT2D eigenvalue weighted by Crippen LogP contribution is 2.00. The second kappa shape index (κ2) is 7.09. The van der Waals surface area contributed by atoms with Gasteiger partial charge in [0.15, 0.2) is 6.10 Å². The molecule has 4 N–H and O–H groups in total. The lowest BCUT2D eigenvalue weighted by atomic mass is 10.1. The summed E-state index contributed by atoms with van der Waals surface area (Å²) in [5.74, 6) is -4.03. The van der Waals surface area contributed by atoms with Crippen molar-refractivity contribution in [2.75, 3.05) is 0 Å². The van der Waals surface area contributed by atoms with Crippen molar-refractivity contribution in [3.05, 3.63) is 0 Å². The molecular formula is C9H13NO8. The standard InChI is InChI=1S/C9H13NO8/c1-4(7(13)14)18-9(17)10-5(8(15)16)2-3-6(11)12/h4-5H,2-3H2,1H3,(H,10,17)(H,11,12)(H,13,14)(H,15,16)/t4-,5-/m0/s1. The van der Waals surface area contributed by atoms with Crippen LogP contribution in [0.3, 0.4) is 0 Å². The average molecular weight is 263 g/mol.